The highest BCUT2D eigenvalue weighted by atomic mass is 32.1. The first-order valence-corrected chi connectivity index (χ1v) is 7.33. The number of thiophene rings is 1. The van der Waals surface area contributed by atoms with Crippen LogP contribution in [0.2, 0.25) is 0 Å². The Morgan fingerprint density at radius 1 is 1.47 bits per heavy atom. The molecule has 0 radical (unpaired) electrons. The molecule has 4 N–H and O–H groups in total. The van der Waals surface area contributed by atoms with Crippen LogP contribution in [-0.2, 0) is 12.8 Å². The van der Waals surface area contributed by atoms with Gasteiger partial charge in [0.1, 0.15) is 0 Å². The van der Waals surface area contributed by atoms with Crippen molar-refractivity contribution in [3.8, 4) is 0 Å². The first-order valence-electron chi connectivity index (χ1n) is 6.51. The summed E-state index contributed by atoms with van der Waals surface area (Å²) in [4.78, 5) is 14.1. The number of nitrogens with one attached hydrogen (secondary N) is 1. The van der Waals surface area contributed by atoms with Gasteiger partial charge in [0.15, 0.2) is 5.84 Å². The van der Waals surface area contributed by atoms with Crippen molar-refractivity contribution in [2.45, 2.75) is 45.1 Å². The van der Waals surface area contributed by atoms with Gasteiger partial charge < -0.3 is 16.3 Å². The lowest BCUT2D eigenvalue weighted by Crippen LogP contribution is -2.42. The Balaban J connectivity index is 2.08. The summed E-state index contributed by atoms with van der Waals surface area (Å²) in [5.41, 5.74) is 6.76. The number of rotatable bonds is 3. The SMILES string of the molecule is CC(NC(=O)c1cc2c(s1)CCCCC2)/C(N)=N/O. The molecule has 1 aromatic rings. The summed E-state index contributed by atoms with van der Waals surface area (Å²) < 4.78 is 0. The Bertz CT molecular complexity index is 473. The second-order valence-electron chi connectivity index (χ2n) is 4.84. The van der Waals surface area contributed by atoms with Crippen LogP contribution in [0.3, 0.4) is 0 Å². The number of fused-ring (bicyclic) bond motifs is 1. The average Bonchev–Trinajstić information content (AvgIpc) is 2.69. The second kappa shape index (κ2) is 6.06. The maximum Gasteiger partial charge on any atom is 0.261 e. The van der Waals surface area contributed by atoms with E-state index in [1.165, 1.54) is 29.7 Å². The summed E-state index contributed by atoms with van der Waals surface area (Å²) in [6.07, 6.45) is 5.81. The van der Waals surface area contributed by atoms with E-state index >= 15 is 0 Å². The molecule has 1 heterocycles. The molecule has 19 heavy (non-hydrogen) atoms. The van der Waals surface area contributed by atoms with Gasteiger partial charge in [-0.05, 0) is 44.2 Å². The summed E-state index contributed by atoms with van der Waals surface area (Å²) in [7, 11) is 0. The quantitative estimate of drug-likeness (QED) is 0.260. The molecule has 1 aromatic heterocycles. The Hall–Kier alpha value is -1.56. The van der Waals surface area contributed by atoms with E-state index in [2.05, 4.69) is 10.5 Å². The predicted molar refractivity (Wildman–Crippen MR) is 75.9 cm³/mol. The van der Waals surface area contributed by atoms with Crippen LogP contribution in [0.15, 0.2) is 11.2 Å². The van der Waals surface area contributed by atoms with Gasteiger partial charge in [-0.25, -0.2) is 0 Å². The lowest BCUT2D eigenvalue weighted by molar-refractivity contribution is 0.0952. The molecule has 1 atom stereocenters. The topological polar surface area (TPSA) is 87.7 Å². The first-order chi connectivity index (χ1) is 9.11. The van der Waals surface area contributed by atoms with Crippen molar-refractivity contribution in [1.29, 1.82) is 0 Å². The van der Waals surface area contributed by atoms with Crippen molar-refractivity contribution in [3.05, 3.63) is 21.4 Å². The minimum absolute atomic E-state index is 0.00599. The zero-order valence-electron chi connectivity index (χ0n) is 11.0. The maximum absolute atomic E-state index is 12.1. The molecule has 0 aromatic carbocycles. The second-order valence-corrected chi connectivity index (χ2v) is 5.98. The fraction of sp³-hybridized carbons (Fsp3) is 0.538. The third-order valence-corrected chi connectivity index (χ3v) is 4.61. The van der Waals surface area contributed by atoms with Gasteiger partial charge in [-0.2, -0.15) is 0 Å². The molecule has 6 heteroatoms. The van der Waals surface area contributed by atoms with Crippen LogP contribution in [0.4, 0.5) is 0 Å². The molecular formula is C13H19N3O2S. The molecule has 0 spiro atoms. The number of oxime groups is 1. The van der Waals surface area contributed by atoms with E-state index in [1.807, 2.05) is 6.07 Å². The Morgan fingerprint density at radius 2 is 2.21 bits per heavy atom. The molecule has 104 valence electrons. The first kappa shape index (κ1) is 13.9. The summed E-state index contributed by atoms with van der Waals surface area (Å²) in [5.74, 6) is -0.149. The van der Waals surface area contributed by atoms with Crippen LogP contribution < -0.4 is 11.1 Å². The molecule has 1 aliphatic rings. The number of nitrogens with zero attached hydrogens (tertiary/aromatic N) is 1. The molecule has 1 amide bonds. The largest absolute Gasteiger partial charge is 0.409 e. The van der Waals surface area contributed by atoms with Crippen LogP contribution in [0.1, 0.15) is 46.3 Å². The highest BCUT2D eigenvalue weighted by Gasteiger charge is 2.18. The number of aryl methyl sites for hydroxylation is 2. The average molecular weight is 281 g/mol. The van der Waals surface area contributed by atoms with Crippen molar-refractivity contribution >= 4 is 23.1 Å². The van der Waals surface area contributed by atoms with Gasteiger partial charge in [-0.1, -0.05) is 11.6 Å². The number of amidine groups is 1. The summed E-state index contributed by atoms with van der Waals surface area (Å²) in [6, 6.07) is 1.51. The number of amides is 1. The molecule has 2 rings (SSSR count). The summed E-state index contributed by atoms with van der Waals surface area (Å²) in [5, 5.41) is 14.2. The fourth-order valence-electron chi connectivity index (χ4n) is 2.21. The highest BCUT2D eigenvalue weighted by Crippen LogP contribution is 2.28. The summed E-state index contributed by atoms with van der Waals surface area (Å²) in [6.45, 7) is 1.69. The van der Waals surface area contributed by atoms with E-state index in [9.17, 15) is 4.79 Å². The molecular weight excluding hydrogens is 262 g/mol. The monoisotopic (exact) mass is 281 g/mol. The molecule has 0 aliphatic heterocycles. The number of hydrogen-bond acceptors (Lipinski definition) is 4. The lowest BCUT2D eigenvalue weighted by atomic mass is 10.1. The van der Waals surface area contributed by atoms with Gasteiger partial charge in [-0.3, -0.25) is 4.79 Å². The normalized spacial score (nSPS) is 17.4. The van der Waals surface area contributed by atoms with Gasteiger partial charge in [0.05, 0.1) is 10.9 Å². The minimum Gasteiger partial charge on any atom is -0.409 e. The van der Waals surface area contributed by atoms with E-state index in [-0.39, 0.29) is 11.7 Å². The number of hydrogen-bond donors (Lipinski definition) is 3. The van der Waals surface area contributed by atoms with E-state index in [0.29, 0.717) is 4.88 Å². The Kier molecular flexibility index (Phi) is 4.42. The zero-order chi connectivity index (χ0) is 13.8. The van der Waals surface area contributed by atoms with Crippen molar-refractivity contribution in [3.63, 3.8) is 0 Å². The molecule has 0 saturated heterocycles. The van der Waals surface area contributed by atoms with Crippen LogP contribution in [0, 0.1) is 0 Å². The van der Waals surface area contributed by atoms with Crippen molar-refractivity contribution in [2.24, 2.45) is 10.9 Å². The van der Waals surface area contributed by atoms with Gasteiger partial charge >= 0.3 is 0 Å². The summed E-state index contributed by atoms with van der Waals surface area (Å²) >= 11 is 1.56. The molecule has 1 unspecified atom stereocenters. The lowest BCUT2D eigenvalue weighted by Gasteiger charge is -2.10. The van der Waals surface area contributed by atoms with Gasteiger partial charge in [0.2, 0.25) is 0 Å². The minimum atomic E-state index is -0.473. The third kappa shape index (κ3) is 3.26. The molecule has 1 aliphatic carbocycles. The predicted octanol–water partition coefficient (Wildman–Crippen LogP) is 1.88. The van der Waals surface area contributed by atoms with Crippen LogP contribution in [-0.4, -0.2) is 23.0 Å². The maximum atomic E-state index is 12.1. The molecule has 0 saturated carbocycles. The Labute approximate surface area is 116 Å². The molecule has 0 bridgehead atoms. The number of carbonyl (C=O) groups excluding carboxylic acids is 1. The smallest absolute Gasteiger partial charge is 0.261 e. The number of carbonyl (C=O) groups is 1. The van der Waals surface area contributed by atoms with Gasteiger partial charge in [0, 0.05) is 4.88 Å². The third-order valence-electron chi connectivity index (χ3n) is 3.38. The van der Waals surface area contributed by atoms with Crippen molar-refractivity contribution in [1.82, 2.24) is 5.32 Å². The van der Waals surface area contributed by atoms with Crippen molar-refractivity contribution < 1.29 is 10.0 Å². The number of nitrogens with two attached hydrogens (primary N) is 1. The van der Waals surface area contributed by atoms with Crippen molar-refractivity contribution in [2.75, 3.05) is 0 Å². The zero-order valence-corrected chi connectivity index (χ0v) is 11.8. The van der Waals surface area contributed by atoms with Crippen LogP contribution >= 0.6 is 11.3 Å². The van der Waals surface area contributed by atoms with E-state index in [1.54, 1.807) is 18.3 Å². The van der Waals surface area contributed by atoms with E-state index < -0.39 is 6.04 Å². The molecule has 0 fully saturated rings. The van der Waals surface area contributed by atoms with E-state index in [0.717, 1.165) is 12.8 Å². The van der Waals surface area contributed by atoms with Gasteiger partial charge in [-0.15, -0.1) is 11.3 Å². The molecule has 5 nitrogen and oxygen atoms in total. The van der Waals surface area contributed by atoms with Gasteiger partial charge in [0.25, 0.3) is 5.91 Å². The van der Waals surface area contributed by atoms with Crippen LogP contribution in [0.5, 0.6) is 0 Å². The Morgan fingerprint density at radius 3 is 2.95 bits per heavy atom. The highest BCUT2D eigenvalue weighted by molar-refractivity contribution is 7.14. The van der Waals surface area contributed by atoms with Crippen LogP contribution in [0.25, 0.3) is 0 Å². The van der Waals surface area contributed by atoms with E-state index in [4.69, 9.17) is 10.9 Å². The standard InChI is InChI=1S/C13H19N3O2S/c1-8(12(14)16-18)15-13(17)11-7-9-5-3-2-4-6-10(9)19-11/h7-8,18H,2-6H2,1H3,(H2,14,16)(H,15,17). The fourth-order valence-corrected chi connectivity index (χ4v) is 3.36.